The standard InChI is InChI=1S/C28H26N8O/c29-15-27(8-9-27)22-2-1-3-23(33-22)36-24-20(25(37)35(36)19-5-6-19)14-31-26(34-24)32-18-4-7-21-17(12-18)13-30-16-28(21)10-11-28/h1-4,7,12,14,19,30H,5-6,8-11,13,16H2,(H,31,32,34). The number of hydrogen-bond donors (Lipinski definition) is 2. The van der Waals surface area contributed by atoms with Crippen LogP contribution in [0.1, 0.15) is 61.4 Å². The zero-order chi connectivity index (χ0) is 24.8. The van der Waals surface area contributed by atoms with Gasteiger partial charge in [-0.2, -0.15) is 10.2 Å². The highest BCUT2D eigenvalue weighted by molar-refractivity contribution is 5.77. The molecule has 3 aliphatic carbocycles. The van der Waals surface area contributed by atoms with Crippen molar-refractivity contribution in [2.24, 2.45) is 0 Å². The van der Waals surface area contributed by atoms with Gasteiger partial charge in [-0.25, -0.2) is 19.3 Å². The van der Waals surface area contributed by atoms with Crippen molar-refractivity contribution in [2.75, 3.05) is 11.9 Å². The second-order valence-electron chi connectivity index (χ2n) is 11.1. The summed E-state index contributed by atoms with van der Waals surface area (Å²) in [5.74, 6) is 1.04. The van der Waals surface area contributed by atoms with Crippen LogP contribution in [-0.2, 0) is 17.4 Å². The molecule has 0 radical (unpaired) electrons. The first-order chi connectivity index (χ1) is 18.1. The van der Waals surface area contributed by atoms with E-state index in [1.165, 1.54) is 24.0 Å². The van der Waals surface area contributed by atoms with E-state index in [4.69, 9.17) is 9.97 Å². The molecule has 9 heteroatoms. The summed E-state index contributed by atoms with van der Waals surface area (Å²) in [6.07, 6.45) is 7.63. The Balaban J connectivity index is 1.22. The third kappa shape index (κ3) is 3.18. The first kappa shape index (κ1) is 21.1. The van der Waals surface area contributed by atoms with Crippen LogP contribution in [0.5, 0.6) is 0 Å². The molecule has 3 fully saturated rings. The lowest BCUT2D eigenvalue weighted by Gasteiger charge is -2.26. The van der Waals surface area contributed by atoms with Crippen LogP contribution in [-0.4, -0.2) is 30.9 Å². The van der Waals surface area contributed by atoms with E-state index < -0.39 is 5.41 Å². The lowest BCUT2D eigenvalue weighted by molar-refractivity contribution is 0.531. The SMILES string of the molecule is N#CC1(c2cccc(-n3c4nc(Nc5ccc6c(c5)CNCC65CC5)ncc4c(=O)n3C3CC3)n2)CC1. The molecule has 4 aromatic rings. The van der Waals surface area contributed by atoms with Crippen LogP contribution in [0.3, 0.4) is 0 Å². The minimum absolute atomic E-state index is 0.104. The van der Waals surface area contributed by atoms with Crippen molar-refractivity contribution in [3.05, 3.63) is 69.8 Å². The van der Waals surface area contributed by atoms with Crippen molar-refractivity contribution in [1.29, 1.82) is 5.26 Å². The molecule has 1 aliphatic heterocycles. The van der Waals surface area contributed by atoms with Gasteiger partial charge in [-0.3, -0.25) is 4.79 Å². The average molecular weight is 491 g/mol. The fourth-order valence-corrected chi connectivity index (χ4v) is 5.88. The molecule has 3 aromatic heterocycles. The minimum atomic E-state index is -0.508. The van der Waals surface area contributed by atoms with Crippen molar-refractivity contribution in [3.63, 3.8) is 0 Å². The Morgan fingerprint density at radius 1 is 1.11 bits per heavy atom. The number of nitrogens with one attached hydrogen (secondary N) is 2. The van der Waals surface area contributed by atoms with Gasteiger partial charge in [0, 0.05) is 30.4 Å². The van der Waals surface area contributed by atoms with Gasteiger partial charge in [-0.1, -0.05) is 12.1 Å². The van der Waals surface area contributed by atoms with Crippen LogP contribution in [0.2, 0.25) is 0 Å². The third-order valence-electron chi connectivity index (χ3n) is 8.49. The average Bonchev–Trinajstić information content (AvgIpc) is 3.80. The van der Waals surface area contributed by atoms with Crippen LogP contribution < -0.4 is 16.2 Å². The van der Waals surface area contributed by atoms with Crippen molar-refractivity contribution in [1.82, 2.24) is 29.6 Å². The molecule has 0 saturated heterocycles. The Labute approximate surface area is 213 Å². The second kappa shape index (κ2) is 7.26. The number of pyridine rings is 1. The van der Waals surface area contributed by atoms with Crippen molar-refractivity contribution < 1.29 is 0 Å². The molecule has 0 atom stereocenters. The number of fused-ring (bicyclic) bond motifs is 3. The smallest absolute Gasteiger partial charge is 0.278 e. The molecule has 3 saturated carbocycles. The molecule has 8 rings (SSSR count). The van der Waals surface area contributed by atoms with E-state index in [1.54, 1.807) is 10.9 Å². The van der Waals surface area contributed by atoms with Crippen LogP contribution in [0, 0.1) is 11.3 Å². The number of anilines is 2. The maximum atomic E-state index is 13.4. The lowest BCUT2D eigenvalue weighted by atomic mass is 9.88. The van der Waals surface area contributed by atoms with E-state index in [2.05, 4.69) is 39.9 Å². The van der Waals surface area contributed by atoms with Crippen LogP contribution in [0.25, 0.3) is 16.9 Å². The summed E-state index contributed by atoms with van der Waals surface area (Å²) in [6.45, 7) is 1.93. The predicted octanol–water partition coefficient (Wildman–Crippen LogP) is 3.75. The Hall–Kier alpha value is -4.03. The van der Waals surface area contributed by atoms with E-state index in [0.29, 0.717) is 28.2 Å². The highest BCUT2D eigenvalue weighted by Gasteiger charge is 2.47. The molecule has 4 aliphatic rings. The summed E-state index contributed by atoms with van der Waals surface area (Å²) >= 11 is 0. The monoisotopic (exact) mass is 490 g/mol. The van der Waals surface area contributed by atoms with Gasteiger partial charge in [0.15, 0.2) is 11.5 Å². The molecule has 37 heavy (non-hydrogen) atoms. The summed E-state index contributed by atoms with van der Waals surface area (Å²) in [5, 5.41) is 17.1. The van der Waals surface area contributed by atoms with Gasteiger partial charge < -0.3 is 10.6 Å². The van der Waals surface area contributed by atoms with Gasteiger partial charge in [0.25, 0.3) is 5.56 Å². The van der Waals surface area contributed by atoms with E-state index in [0.717, 1.165) is 50.2 Å². The number of benzene rings is 1. The Morgan fingerprint density at radius 3 is 2.73 bits per heavy atom. The molecule has 1 aromatic carbocycles. The Bertz CT molecular complexity index is 1700. The van der Waals surface area contributed by atoms with E-state index in [9.17, 15) is 10.1 Å². The zero-order valence-corrected chi connectivity index (χ0v) is 20.4. The van der Waals surface area contributed by atoms with Crippen LogP contribution in [0.15, 0.2) is 47.4 Å². The molecule has 184 valence electrons. The number of rotatable bonds is 5. The number of nitriles is 1. The van der Waals surface area contributed by atoms with E-state index in [1.807, 2.05) is 22.9 Å². The number of hydrogen-bond acceptors (Lipinski definition) is 7. The van der Waals surface area contributed by atoms with Crippen LogP contribution in [0.4, 0.5) is 11.6 Å². The highest BCUT2D eigenvalue weighted by atomic mass is 16.1. The van der Waals surface area contributed by atoms with Gasteiger partial charge in [0.1, 0.15) is 5.39 Å². The van der Waals surface area contributed by atoms with Gasteiger partial charge >= 0.3 is 0 Å². The maximum Gasteiger partial charge on any atom is 0.278 e. The number of nitrogens with zero attached hydrogens (tertiary/aromatic N) is 6. The van der Waals surface area contributed by atoms with Gasteiger partial charge in [-0.15, -0.1) is 0 Å². The van der Waals surface area contributed by atoms with Crippen LogP contribution >= 0.6 is 0 Å². The lowest BCUT2D eigenvalue weighted by Crippen LogP contribution is -2.33. The largest absolute Gasteiger partial charge is 0.324 e. The van der Waals surface area contributed by atoms with Crippen molar-refractivity contribution >= 4 is 22.7 Å². The van der Waals surface area contributed by atoms with Crippen molar-refractivity contribution in [3.8, 4) is 11.9 Å². The topological polar surface area (TPSA) is 113 Å². The molecule has 2 N–H and O–H groups in total. The fraction of sp³-hybridized carbons (Fsp3) is 0.393. The summed E-state index contributed by atoms with van der Waals surface area (Å²) in [5.41, 5.74) is 4.70. The number of aromatic nitrogens is 5. The van der Waals surface area contributed by atoms with Gasteiger partial charge in [0.2, 0.25) is 5.95 Å². The highest BCUT2D eigenvalue weighted by Crippen LogP contribution is 2.51. The van der Waals surface area contributed by atoms with Gasteiger partial charge in [0.05, 0.1) is 23.2 Å². The van der Waals surface area contributed by atoms with Gasteiger partial charge in [-0.05, 0) is 73.9 Å². The molecular weight excluding hydrogens is 464 g/mol. The molecule has 4 heterocycles. The summed E-state index contributed by atoms with van der Waals surface area (Å²) in [4.78, 5) is 27.6. The minimum Gasteiger partial charge on any atom is -0.324 e. The molecule has 0 unspecified atom stereocenters. The quantitative estimate of drug-likeness (QED) is 0.438. The predicted molar refractivity (Wildman–Crippen MR) is 138 cm³/mol. The first-order valence-electron chi connectivity index (χ1n) is 13.1. The summed E-state index contributed by atoms with van der Waals surface area (Å²) in [6, 6.07) is 14.8. The fourth-order valence-electron chi connectivity index (χ4n) is 5.88. The van der Waals surface area contributed by atoms with E-state index in [-0.39, 0.29) is 11.6 Å². The molecular formula is C28H26N8O. The Morgan fingerprint density at radius 2 is 1.97 bits per heavy atom. The third-order valence-corrected chi connectivity index (χ3v) is 8.49. The normalized spacial score (nSPS) is 20.4. The summed E-state index contributed by atoms with van der Waals surface area (Å²) in [7, 11) is 0. The Kier molecular flexibility index (Phi) is 4.14. The summed E-state index contributed by atoms with van der Waals surface area (Å²) < 4.78 is 3.59. The zero-order valence-electron chi connectivity index (χ0n) is 20.4. The van der Waals surface area contributed by atoms with E-state index >= 15 is 0 Å². The first-order valence-corrected chi connectivity index (χ1v) is 13.1. The molecule has 1 spiro atoms. The van der Waals surface area contributed by atoms with Crippen molar-refractivity contribution in [2.45, 2.75) is 61.9 Å². The molecule has 0 bridgehead atoms. The molecule has 9 nitrogen and oxygen atoms in total. The molecule has 0 amide bonds. The second-order valence-corrected chi connectivity index (χ2v) is 11.1. The maximum absolute atomic E-state index is 13.4.